The molecule has 32 heavy (non-hydrogen) atoms. The number of aryl methyl sites for hydroxylation is 1. The predicted octanol–water partition coefficient (Wildman–Crippen LogP) is 5.99. The van der Waals surface area contributed by atoms with Gasteiger partial charge in [-0.15, -0.1) is 0 Å². The highest BCUT2D eigenvalue weighted by atomic mass is 127. The number of rotatable bonds is 8. The summed E-state index contributed by atoms with van der Waals surface area (Å²) in [7, 11) is 1.56. The van der Waals surface area contributed by atoms with Crippen LogP contribution >= 0.6 is 22.6 Å². The molecule has 0 atom stereocenters. The van der Waals surface area contributed by atoms with E-state index in [1.165, 1.54) is 5.56 Å². The lowest BCUT2D eigenvalue weighted by Gasteiger charge is -2.14. The molecule has 0 aliphatic rings. The fraction of sp³-hybridized carbons (Fsp3) is 0.154. The van der Waals surface area contributed by atoms with E-state index in [9.17, 15) is 10.1 Å². The Morgan fingerprint density at radius 2 is 1.81 bits per heavy atom. The second-order valence-corrected chi connectivity index (χ2v) is 8.14. The number of nitriles is 1. The van der Waals surface area contributed by atoms with Gasteiger partial charge in [0.15, 0.2) is 11.5 Å². The van der Waals surface area contributed by atoms with E-state index in [1.807, 2.05) is 66.7 Å². The Hall–Kier alpha value is -3.31. The molecule has 0 aliphatic carbocycles. The number of carbonyl (C=O) groups is 1. The summed E-state index contributed by atoms with van der Waals surface area (Å²) in [5.74, 6) is 0.690. The summed E-state index contributed by atoms with van der Waals surface area (Å²) in [5.41, 5.74) is 3.54. The van der Waals surface area contributed by atoms with Crippen LogP contribution in [-0.4, -0.2) is 13.0 Å². The Kier molecular flexibility index (Phi) is 8.28. The van der Waals surface area contributed by atoms with E-state index in [0.29, 0.717) is 29.4 Å². The molecular weight excluding hydrogens is 515 g/mol. The number of nitrogens with one attached hydrogen (secondary N) is 1. The van der Waals surface area contributed by atoms with Crippen molar-refractivity contribution in [1.29, 1.82) is 5.26 Å². The number of nitrogens with zero attached hydrogens (tertiary/aromatic N) is 1. The van der Waals surface area contributed by atoms with E-state index in [-0.39, 0.29) is 5.57 Å². The molecule has 0 unspecified atom stereocenters. The Balaban J connectivity index is 1.79. The highest BCUT2D eigenvalue weighted by molar-refractivity contribution is 14.1. The Morgan fingerprint density at radius 1 is 1.09 bits per heavy atom. The standard InChI is InChI=1S/C26H23IN2O3/c1-3-18-9-11-22(12-10-18)29-26(30)21(16-28)13-20-14-23(27)25(24(15-20)31-2)32-17-19-7-5-4-6-8-19/h4-15H,3,17H2,1-2H3,(H,29,30)/b21-13-. The first-order valence-electron chi connectivity index (χ1n) is 10.1. The smallest absolute Gasteiger partial charge is 0.266 e. The monoisotopic (exact) mass is 538 g/mol. The lowest BCUT2D eigenvalue weighted by molar-refractivity contribution is -0.112. The van der Waals surface area contributed by atoms with Crippen LogP contribution in [0.2, 0.25) is 0 Å². The second kappa shape index (κ2) is 11.3. The third kappa shape index (κ3) is 6.11. The van der Waals surface area contributed by atoms with Gasteiger partial charge in [0, 0.05) is 5.69 Å². The molecule has 0 aliphatic heterocycles. The number of halogens is 1. The van der Waals surface area contributed by atoms with Gasteiger partial charge in [-0.3, -0.25) is 4.79 Å². The molecule has 0 spiro atoms. The zero-order chi connectivity index (χ0) is 22.9. The summed E-state index contributed by atoms with van der Waals surface area (Å²) in [6, 6.07) is 23.0. The maximum Gasteiger partial charge on any atom is 0.266 e. The number of ether oxygens (including phenoxy) is 2. The van der Waals surface area contributed by atoms with Crippen LogP contribution in [0.1, 0.15) is 23.6 Å². The molecule has 5 nitrogen and oxygen atoms in total. The quantitative estimate of drug-likeness (QED) is 0.218. The number of hydrogen-bond acceptors (Lipinski definition) is 4. The lowest BCUT2D eigenvalue weighted by Crippen LogP contribution is -2.13. The molecule has 6 heteroatoms. The average Bonchev–Trinajstić information content (AvgIpc) is 2.82. The van der Waals surface area contributed by atoms with Gasteiger partial charge >= 0.3 is 0 Å². The predicted molar refractivity (Wildman–Crippen MR) is 135 cm³/mol. The van der Waals surface area contributed by atoms with Gasteiger partial charge in [-0.2, -0.15) is 5.26 Å². The third-order valence-electron chi connectivity index (χ3n) is 4.77. The second-order valence-electron chi connectivity index (χ2n) is 6.98. The number of carbonyl (C=O) groups excluding carboxylic acids is 1. The van der Waals surface area contributed by atoms with Gasteiger partial charge in [0.1, 0.15) is 18.2 Å². The third-order valence-corrected chi connectivity index (χ3v) is 5.58. The maximum atomic E-state index is 12.6. The van der Waals surface area contributed by atoms with Crippen LogP contribution in [0.3, 0.4) is 0 Å². The summed E-state index contributed by atoms with van der Waals surface area (Å²) in [6.45, 7) is 2.48. The summed E-state index contributed by atoms with van der Waals surface area (Å²) in [5, 5.41) is 12.3. The normalized spacial score (nSPS) is 10.9. The topological polar surface area (TPSA) is 71.4 Å². The van der Waals surface area contributed by atoms with Crippen LogP contribution in [0, 0.1) is 14.9 Å². The minimum Gasteiger partial charge on any atom is -0.493 e. The highest BCUT2D eigenvalue weighted by Gasteiger charge is 2.14. The molecule has 162 valence electrons. The SMILES string of the molecule is CCc1ccc(NC(=O)/C(C#N)=C\c2cc(I)c(OCc3ccccc3)c(OC)c2)cc1. The van der Waals surface area contributed by atoms with E-state index < -0.39 is 5.91 Å². The van der Waals surface area contributed by atoms with Crippen molar-refractivity contribution in [1.82, 2.24) is 0 Å². The van der Waals surface area contributed by atoms with Crippen LogP contribution in [-0.2, 0) is 17.8 Å². The summed E-state index contributed by atoms with van der Waals surface area (Å²) < 4.78 is 12.3. The van der Waals surface area contributed by atoms with Crippen molar-refractivity contribution >= 4 is 40.3 Å². The molecule has 0 saturated heterocycles. The zero-order valence-corrected chi connectivity index (χ0v) is 20.0. The largest absolute Gasteiger partial charge is 0.493 e. The average molecular weight is 538 g/mol. The van der Waals surface area contributed by atoms with Crippen molar-refractivity contribution in [3.8, 4) is 17.6 Å². The number of methoxy groups -OCH3 is 1. The number of anilines is 1. The van der Waals surface area contributed by atoms with E-state index >= 15 is 0 Å². The van der Waals surface area contributed by atoms with Crippen molar-refractivity contribution in [3.63, 3.8) is 0 Å². The summed E-state index contributed by atoms with van der Waals surface area (Å²) in [6.07, 6.45) is 2.46. The van der Waals surface area contributed by atoms with Gasteiger partial charge < -0.3 is 14.8 Å². The fourth-order valence-corrected chi connectivity index (χ4v) is 3.81. The minimum atomic E-state index is -0.463. The molecule has 3 aromatic carbocycles. The first kappa shape index (κ1) is 23.4. The van der Waals surface area contributed by atoms with Crippen molar-refractivity contribution in [2.75, 3.05) is 12.4 Å². The summed E-state index contributed by atoms with van der Waals surface area (Å²) >= 11 is 2.16. The molecule has 1 N–H and O–H groups in total. The molecule has 0 radical (unpaired) electrons. The zero-order valence-electron chi connectivity index (χ0n) is 17.9. The van der Waals surface area contributed by atoms with Crippen LogP contribution in [0.25, 0.3) is 6.08 Å². The van der Waals surface area contributed by atoms with Gasteiger partial charge in [0.25, 0.3) is 5.91 Å². The van der Waals surface area contributed by atoms with Crippen molar-refractivity contribution < 1.29 is 14.3 Å². The van der Waals surface area contributed by atoms with E-state index in [0.717, 1.165) is 15.6 Å². The number of benzene rings is 3. The van der Waals surface area contributed by atoms with Gasteiger partial charge in [-0.25, -0.2) is 0 Å². The van der Waals surface area contributed by atoms with Gasteiger partial charge in [-0.05, 0) is 76.0 Å². The lowest BCUT2D eigenvalue weighted by atomic mass is 10.1. The Labute approximate surface area is 201 Å². The molecule has 3 rings (SSSR count). The van der Waals surface area contributed by atoms with Crippen LogP contribution in [0.15, 0.2) is 72.3 Å². The minimum absolute atomic E-state index is 0.000347. The van der Waals surface area contributed by atoms with Crippen LogP contribution < -0.4 is 14.8 Å². The van der Waals surface area contributed by atoms with Crippen molar-refractivity contribution in [2.24, 2.45) is 0 Å². The summed E-state index contributed by atoms with van der Waals surface area (Å²) in [4.78, 5) is 12.6. The molecule has 1 amide bonds. The first-order chi connectivity index (χ1) is 15.5. The molecule has 0 bridgehead atoms. The van der Waals surface area contributed by atoms with Crippen LogP contribution in [0.4, 0.5) is 5.69 Å². The number of amides is 1. The van der Waals surface area contributed by atoms with E-state index in [2.05, 4.69) is 34.8 Å². The van der Waals surface area contributed by atoms with Gasteiger partial charge in [-0.1, -0.05) is 49.4 Å². The van der Waals surface area contributed by atoms with E-state index in [1.54, 1.807) is 19.3 Å². The number of hydrogen-bond donors (Lipinski definition) is 1. The highest BCUT2D eigenvalue weighted by Crippen LogP contribution is 2.35. The molecule has 3 aromatic rings. The maximum absolute atomic E-state index is 12.6. The van der Waals surface area contributed by atoms with E-state index in [4.69, 9.17) is 9.47 Å². The van der Waals surface area contributed by atoms with Gasteiger partial charge in [0.05, 0.1) is 10.7 Å². The molecule has 0 saturated carbocycles. The van der Waals surface area contributed by atoms with Crippen molar-refractivity contribution in [3.05, 3.63) is 92.6 Å². The van der Waals surface area contributed by atoms with Crippen molar-refractivity contribution in [2.45, 2.75) is 20.0 Å². The Morgan fingerprint density at radius 3 is 2.44 bits per heavy atom. The fourth-order valence-electron chi connectivity index (χ4n) is 3.03. The Bertz CT molecular complexity index is 1150. The molecule has 0 heterocycles. The molecule has 0 fully saturated rings. The van der Waals surface area contributed by atoms with Crippen LogP contribution in [0.5, 0.6) is 11.5 Å². The molecule has 0 aromatic heterocycles. The first-order valence-corrected chi connectivity index (χ1v) is 11.2. The van der Waals surface area contributed by atoms with Gasteiger partial charge in [0.2, 0.25) is 0 Å². The molecular formula is C26H23IN2O3.